The van der Waals surface area contributed by atoms with Crippen LogP contribution in [0.4, 0.5) is 0 Å². The monoisotopic (exact) mass is 331 g/mol. The molecule has 1 amide bonds. The van der Waals surface area contributed by atoms with Crippen molar-refractivity contribution in [2.45, 2.75) is 70.7 Å². The number of fused-ring (bicyclic) bond motifs is 1. The van der Waals surface area contributed by atoms with Crippen molar-refractivity contribution in [3.05, 3.63) is 35.9 Å². The molecule has 0 radical (unpaired) electrons. The van der Waals surface area contributed by atoms with Crippen molar-refractivity contribution in [2.24, 2.45) is 11.3 Å². The van der Waals surface area contributed by atoms with Gasteiger partial charge in [0.25, 0.3) is 0 Å². The smallest absolute Gasteiger partial charge is 0.225 e. The van der Waals surface area contributed by atoms with Crippen molar-refractivity contribution in [3.8, 4) is 0 Å². The second-order valence-corrected chi connectivity index (χ2v) is 8.00. The maximum Gasteiger partial charge on any atom is 0.225 e. The second-order valence-electron chi connectivity index (χ2n) is 8.00. The van der Waals surface area contributed by atoms with Crippen LogP contribution in [-0.4, -0.2) is 39.3 Å². The van der Waals surface area contributed by atoms with Gasteiger partial charge in [0.15, 0.2) is 0 Å². The van der Waals surface area contributed by atoms with Gasteiger partial charge >= 0.3 is 0 Å². The summed E-state index contributed by atoms with van der Waals surface area (Å²) in [5.74, 6) is 0.0602. The van der Waals surface area contributed by atoms with Gasteiger partial charge in [0.05, 0.1) is 18.2 Å². The van der Waals surface area contributed by atoms with E-state index in [4.69, 9.17) is 0 Å². The molecule has 1 aromatic carbocycles. The van der Waals surface area contributed by atoms with E-state index in [2.05, 4.69) is 12.1 Å². The van der Waals surface area contributed by atoms with Crippen LogP contribution >= 0.6 is 0 Å². The summed E-state index contributed by atoms with van der Waals surface area (Å²) in [5.41, 5.74) is 0.642. The summed E-state index contributed by atoms with van der Waals surface area (Å²) in [6, 6.07) is 10.0. The van der Waals surface area contributed by atoms with Gasteiger partial charge in [-0.3, -0.25) is 4.79 Å². The zero-order chi connectivity index (χ0) is 17.5. The minimum atomic E-state index is -0.791. The van der Waals surface area contributed by atoms with Crippen molar-refractivity contribution >= 4 is 5.91 Å². The van der Waals surface area contributed by atoms with Crippen molar-refractivity contribution in [2.75, 3.05) is 0 Å². The Morgan fingerprint density at radius 2 is 1.88 bits per heavy atom. The molecule has 5 atom stereocenters. The summed E-state index contributed by atoms with van der Waals surface area (Å²) in [5, 5.41) is 21.1. The topological polar surface area (TPSA) is 60.8 Å². The summed E-state index contributed by atoms with van der Waals surface area (Å²) in [4.78, 5) is 15.0. The SMILES string of the molecule is CC(C)C(=O)N1[C@@H](c2ccccc2)C[C@@]2(C)[C@@H](O)[C@H](O)CCC[C@@H]12. The van der Waals surface area contributed by atoms with Gasteiger partial charge in [-0.15, -0.1) is 0 Å². The van der Waals surface area contributed by atoms with Crippen LogP contribution < -0.4 is 0 Å². The van der Waals surface area contributed by atoms with E-state index in [0.29, 0.717) is 12.8 Å². The van der Waals surface area contributed by atoms with Crippen LogP contribution in [-0.2, 0) is 4.79 Å². The van der Waals surface area contributed by atoms with E-state index in [1.165, 1.54) is 0 Å². The van der Waals surface area contributed by atoms with Crippen LogP contribution in [0, 0.1) is 11.3 Å². The zero-order valence-electron chi connectivity index (χ0n) is 14.9. The number of carbonyl (C=O) groups is 1. The summed E-state index contributed by atoms with van der Waals surface area (Å²) in [7, 11) is 0. The third kappa shape index (κ3) is 2.76. The molecule has 1 aliphatic carbocycles. The zero-order valence-corrected chi connectivity index (χ0v) is 14.9. The molecular weight excluding hydrogens is 302 g/mol. The molecule has 0 unspecified atom stereocenters. The first kappa shape index (κ1) is 17.4. The quantitative estimate of drug-likeness (QED) is 0.876. The van der Waals surface area contributed by atoms with Gasteiger partial charge < -0.3 is 15.1 Å². The van der Waals surface area contributed by atoms with E-state index >= 15 is 0 Å². The number of benzene rings is 1. The standard InChI is InChI=1S/C20H29NO3/c1-13(2)19(24)21-15(14-8-5-4-6-9-14)12-20(3)17(21)11-7-10-16(22)18(20)23/h4-6,8-9,13,15-18,22-23H,7,10-12H2,1-3H3/t15-,16-,17-,18+,20-/m1/s1. The molecule has 4 nitrogen and oxygen atoms in total. The van der Waals surface area contributed by atoms with Gasteiger partial charge in [-0.1, -0.05) is 51.1 Å². The molecule has 2 aliphatic rings. The molecule has 2 N–H and O–H groups in total. The maximum absolute atomic E-state index is 13.0. The molecule has 1 aliphatic heterocycles. The normalized spacial score (nSPS) is 36.5. The molecule has 0 bridgehead atoms. The van der Waals surface area contributed by atoms with Gasteiger partial charge in [-0.05, 0) is 31.2 Å². The van der Waals surface area contributed by atoms with Gasteiger partial charge in [-0.2, -0.15) is 0 Å². The number of likely N-dealkylation sites (tertiary alicyclic amines) is 1. The highest BCUT2D eigenvalue weighted by Crippen LogP contribution is 2.53. The molecule has 1 saturated heterocycles. The predicted octanol–water partition coefficient (Wildman–Crippen LogP) is 2.90. The Labute approximate surface area is 144 Å². The van der Waals surface area contributed by atoms with E-state index in [0.717, 1.165) is 18.4 Å². The molecule has 0 aromatic heterocycles. The van der Waals surface area contributed by atoms with Crippen LogP contribution in [0.1, 0.15) is 58.1 Å². The lowest BCUT2D eigenvalue weighted by Crippen LogP contribution is -2.49. The molecule has 2 fully saturated rings. The molecule has 1 saturated carbocycles. The fourth-order valence-corrected chi connectivity index (χ4v) is 4.65. The fourth-order valence-electron chi connectivity index (χ4n) is 4.65. The largest absolute Gasteiger partial charge is 0.390 e. The Bertz CT molecular complexity index is 588. The average molecular weight is 331 g/mol. The maximum atomic E-state index is 13.0. The number of aliphatic hydroxyl groups is 2. The number of nitrogens with zero attached hydrogens (tertiary/aromatic N) is 1. The van der Waals surface area contributed by atoms with E-state index in [9.17, 15) is 15.0 Å². The Hall–Kier alpha value is -1.39. The van der Waals surface area contributed by atoms with Crippen molar-refractivity contribution < 1.29 is 15.0 Å². The van der Waals surface area contributed by atoms with Crippen molar-refractivity contribution in [1.29, 1.82) is 0 Å². The van der Waals surface area contributed by atoms with E-state index in [1.54, 1.807) is 0 Å². The van der Waals surface area contributed by atoms with E-state index < -0.39 is 17.6 Å². The second kappa shape index (κ2) is 6.49. The first-order valence-electron chi connectivity index (χ1n) is 9.09. The molecule has 1 aromatic rings. The highest BCUT2D eigenvalue weighted by Gasteiger charge is 2.57. The summed E-state index contributed by atoms with van der Waals surface area (Å²) in [6.07, 6.45) is 1.48. The minimum Gasteiger partial charge on any atom is -0.390 e. The summed E-state index contributed by atoms with van der Waals surface area (Å²) in [6.45, 7) is 5.91. The van der Waals surface area contributed by atoms with E-state index in [1.807, 2.05) is 43.9 Å². The molecule has 24 heavy (non-hydrogen) atoms. The Balaban J connectivity index is 2.05. The Kier molecular flexibility index (Phi) is 4.71. The molecule has 1 heterocycles. The van der Waals surface area contributed by atoms with Gasteiger partial charge in [0, 0.05) is 17.4 Å². The van der Waals surface area contributed by atoms with Gasteiger partial charge in [0.2, 0.25) is 5.91 Å². The van der Waals surface area contributed by atoms with Crippen molar-refractivity contribution in [1.82, 2.24) is 4.90 Å². The first-order chi connectivity index (χ1) is 11.4. The summed E-state index contributed by atoms with van der Waals surface area (Å²) >= 11 is 0. The Morgan fingerprint density at radius 3 is 2.50 bits per heavy atom. The third-order valence-electron chi connectivity index (χ3n) is 6.02. The minimum absolute atomic E-state index is 0.0234. The van der Waals surface area contributed by atoms with Crippen LogP contribution in [0.2, 0.25) is 0 Å². The highest BCUT2D eigenvalue weighted by molar-refractivity contribution is 5.79. The van der Waals surface area contributed by atoms with Gasteiger partial charge in [-0.25, -0.2) is 0 Å². The number of aliphatic hydroxyl groups excluding tert-OH is 2. The lowest BCUT2D eigenvalue weighted by molar-refractivity contribution is -0.139. The first-order valence-corrected chi connectivity index (χ1v) is 9.09. The number of amides is 1. The van der Waals surface area contributed by atoms with Crippen LogP contribution in [0.5, 0.6) is 0 Å². The highest BCUT2D eigenvalue weighted by atomic mass is 16.3. The van der Waals surface area contributed by atoms with Crippen LogP contribution in [0.25, 0.3) is 0 Å². The van der Waals surface area contributed by atoms with Crippen LogP contribution in [0.15, 0.2) is 30.3 Å². The fraction of sp³-hybridized carbons (Fsp3) is 0.650. The number of hydrogen-bond donors (Lipinski definition) is 2. The lowest BCUT2D eigenvalue weighted by Gasteiger charge is -2.38. The Morgan fingerprint density at radius 1 is 1.21 bits per heavy atom. The molecule has 3 rings (SSSR count). The molecule has 0 spiro atoms. The third-order valence-corrected chi connectivity index (χ3v) is 6.02. The van der Waals surface area contributed by atoms with Gasteiger partial charge in [0.1, 0.15) is 0 Å². The molecular formula is C20H29NO3. The average Bonchev–Trinajstić information content (AvgIpc) is 2.82. The van der Waals surface area contributed by atoms with Crippen LogP contribution in [0.3, 0.4) is 0 Å². The molecule has 132 valence electrons. The van der Waals surface area contributed by atoms with Crippen molar-refractivity contribution in [3.63, 3.8) is 0 Å². The molecule has 4 heteroatoms. The summed E-state index contributed by atoms with van der Waals surface area (Å²) < 4.78 is 0. The number of hydrogen-bond acceptors (Lipinski definition) is 3. The predicted molar refractivity (Wildman–Crippen MR) is 93.2 cm³/mol. The lowest BCUT2D eigenvalue weighted by atomic mass is 9.74. The number of rotatable bonds is 2. The number of carbonyl (C=O) groups excluding carboxylic acids is 1. The van der Waals surface area contributed by atoms with E-state index in [-0.39, 0.29) is 23.9 Å².